The molecule has 1 unspecified atom stereocenters. The SMILES string of the molecule is CC[C@@H]1c2nnc(C)n2-c2cnc(-n3ccnc3-c3cccc(F)c3F)nc2N1C1CCOC1. The quantitative estimate of drug-likeness (QED) is 0.456. The predicted molar refractivity (Wildman–Crippen MR) is 119 cm³/mol. The van der Waals surface area contributed by atoms with Crippen LogP contribution in [0.1, 0.15) is 37.5 Å². The summed E-state index contributed by atoms with van der Waals surface area (Å²) in [5, 5.41) is 8.76. The Bertz CT molecular complexity index is 1380. The Kier molecular flexibility index (Phi) is 4.87. The van der Waals surface area contributed by atoms with Crippen LogP contribution >= 0.6 is 0 Å². The van der Waals surface area contributed by atoms with E-state index in [0.717, 1.165) is 42.1 Å². The average Bonchev–Trinajstić information content (AvgIpc) is 3.61. The van der Waals surface area contributed by atoms with Crippen LogP contribution in [0.15, 0.2) is 36.8 Å². The highest BCUT2D eigenvalue weighted by atomic mass is 19.2. The monoisotopic (exact) mass is 464 g/mol. The van der Waals surface area contributed by atoms with Crippen LogP contribution < -0.4 is 4.90 Å². The fourth-order valence-corrected chi connectivity index (χ4v) is 4.87. The van der Waals surface area contributed by atoms with Crippen LogP contribution in [0.2, 0.25) is 0 Å². The highest BCUT2D eigenvalue weighted by Gasteiger charge is 2.40. The second kappa shape index (κ2) is 7.94. The fourth-order valence-electron chi connectivity index (χ4n) is 4.87. The summed E-state index contributed by atoms with van der Waals surface area (Å²) in [7, 11) is 0. The summed E-state index contributed by atoms with van der Waals surface area (Å²) < 4.78 is 37.7. The van der Waals surface area contributed by atoms with Gasteiger partial charge in [0.25, 0.3) is 0 Å². The minimum atomic E-state index is -0.964. The average molecular weight is 464 g/mol. The van der Waals surface area contributed by atoms with Crippen molar-refractivity contribution in [1.82, 2.24) is 34.3 Å². The number of hydrogen-bond acceptors (Lipinski definition) is 7. The van der Waals surface area contributed by atoms with Crippen molar-refractivity contribution in [2.24, 2.45) is 0 Å². The van der Waals surface area contributed by atoms with Crippen molar-refractivity contribution in [3.05, 3.63) is 60.1 Å². The van der Waals surface area contributed by atoms with Crippen LogP contribution in [0.3, 0.4) is 0 Å². The highest BCUT2D eigenvalue weighted by Crippen LogP contribution is 2.41. The predicted octanol–water partition coefficient (Wildman–Crippen LogP) is 3.56. The molecule has 1 fully saturated rings. The zero-order valence-electron chi connectivity index (χ0n) is 18.7. The Labute approximate surface area is 194 Å². The lowest BCUT2D eigenvalue weighted by atomic mass is 10.0. The number of rotatable bonds is 4. The summed E-state index contributed by atoms with van der Waals surface area (Å²) >= 11 is 0. The first-order valence-corrected chi connectivity index (χ1v) is 11.2. The lowest BCUT2D eigenvalue weighted by Crippen LogP contribution is -2.43. The first-order valence-electron chi connectivity index (χ1n) is 11.2. The van der Waals surface area contributed by atoms with Gasteiger partial charge in [-0.3, -0.25) is 9.13 Å². The van der Waals surface area contributed by atoms with Crippen molar-refractivity contribution in [3.63, 3.8) is 0 Å². The fraction of sp³-hybridized carbons (Fsp3) is 0.348. The van der Waals surface area contributed by atoms with E-state index >= 15 is 0 Å². The number of ether oxygens (including phenoxy) is 1. The molecule has 1 saturated heterocycles. The number of aryl methyl sites for hydroxylation is 1. The number of halogens is 2. The molecule has 2 aliphatic heterocycles. The molecular formula is C23H22F2N8O. The minimum Gasteiger partial charge on any atom is -0.379 e. The molecule has 0 amide bonds. The van der Waals surface area contributed by atoms with Gasteiger partial charge in [0.2, 0.25) is 5.95 Å². The summed E-state index contributed by atoms with van der Waals surface area (Å²) in [6.07, 6.45) is 6.55. The number of aromatic nitrogens is 7. The Hall–Kier alpha value is -3.73. The molecule has 11 heteroatoms. The maximum absolute atomic E-state index is 14.6. The Balaban J connectivity index is 1.53. The lowest BCUT2D eigenvalue weighted by molar-refractivity contribution is 0.191. The summed E-state index contributed by atoms with van der Waals surface area (Å²) in [6.45, 7) is 5.28. The van der Waals surface area contributed by atoms with Gasteiger partial charge in [0, 0.05) is 19.0 Å². The van der Waals surface area contributed by atoms with Gasteiger partial charge in [-0.05, 0) is 31.9 Å². The Morgan fingerprint density at radius 3 is 2.85 bits per heavy atom. The molecule has 2 aliphatic rings. The number of hydrogen-bond donors (Lipinski definition) is 0. The highest BCUT2D eigenvalue weighted by molar-refractivity contribution is 5.64. The zero-order valence-corrected chi connectivity index (χ0v) is 18.7. The van der Waals surface area contributed by atoms with E-state index in [-0.39, 0.29) is 23.5 Å². The first-order chi connectivity index (χ1) is 16.6. The second-order valence-corrected chi connectivity index (χ2v) is 8.39. The smallest absolute Gasteiger partial charge is 0.237 e. The number of anilines is 1. The van der Waals surface area contributed by atoms with Crippen LogP contribution in [0.4, 0.5) is 14.6 Å². The zero-order chi connectivity index (χ0) is 23.4. The van der Waals surface area contributed by atoms with Crippen molar-refractivity contribution in [1.29, 1.82) is 0 Å². The molecule has 6 rings (SSSR count). The molecule has 3 aromatic heterocycles. The molecule has 0 bridgehead atoms. The Morgan fingerprint density at radius 1 is 1.18 bits per heavy atom. The molecule has 5 heterocycles. The molecule has 9 nitrogen and oxygen atoms in total. The molecule has 0 N–H and O–H groups in total. The van der Waals surface area contributed by atoms with Crippen molar-refractivity contribution in [3.8, 4) is 23.0 Å². The van der Waals surface area contributed by atoms with Gasteiger partial charge in [0.15, 0.2) is 23.3 Å². The molecule has 4 aromatic rings. The van der Waals surface area contributed by atoms with E-state index in [1.807, 2.05) is 11.5 Å². The van der Waals surface area contributed by atoms with E-state index in [1.54, 1.807) is 17.0 Å². The third-order valence-corrected chi connectivity index (χ3v) is 6.44. The number of fused-ring (bicyclic) bond motifs is 3. The van der Waals surface area contributed by atoms with Gasteiger partial charge in [-0.25, -0.2) is 18.7 Å². The van der Waals surface area contributed by atoms with E-state index in [1.165, 1.54) is 18.3 Å². The third-order valence-electron chi connectivity index (χ3n) is 6.44. The number of benzene rings is 1. The van der Waals surface area contributed by atoms with Crippen LogP contribution in [0.25, 0.3) is 23.0 Å². The van der Waals surface area contributed by atoms with Gasteiger partial charge in [-0.1, -0.05) is 13.0 Å². The topological polar surface area (TPSA) is 86.8 Å². The second-order valence-electron chi connectivity index (χ2n) is 8.39. The minimum absolute atomic E-state index is 0.0360. The van der Waals surface area contributed by atoms with Gasteiger partial charge >= 0.3 is 0 Å². The van der Waals surface area contributed by atoms with Crippen LogP contribution in [0, 0.1) is 18.6 Å². The standard InChI is InChI=1S/C23H22F2N8O/c1-3-17-22-30-29-13(2)32(22)18-11-27-23(28-21(18)33(17)14-7-10-34-12-14)31-9-8-26-20(31)15-5-4-6-16(24)19(15)25/h4-6,8-9,11,14,17H,3,7,10,12H2,1-2H3/t14?,17-/m1/s1. The molecule has 1 aromatic carbocycles. The largest absolute Gasteiger partial charge is 0.379 e. The maximum Gasteiger partial charge on any atom is 0.237 e. The number of nitrogens with zero attached hydrogens (tertiary/aromatic N) is 8. The van der Waals surface area contributed by atoms with Gasteiger partial charge < -0.3 is 9.64 Å². The third kappa shape index (κ3) is 3.03. The molecule has 2 atom stereocenters. The summed E-state index contributed by atoms with van der Waals surface area (Å²) in [5.41, 5.74) is 0.812. The molecule has 34 heavy (non-hydrogen) atoms. The molecule has 0 spiro atoms. The van der Waals surface area contributed by atoms with Crippen molar-refractivity contribution < 1.29 is 13.5 Å². The molecule has 174 valence electrons. The first kappa shape index (κ1) is 20.8. The maximum atomic E-state index is 14.6. The lowest BCUT2D eigenvalue weighted by Gasteiger charge is -2.40. The number of imidazole rings is 1. The molecule has 0 saturated carbocycles. The Morgan fingerprint density at radius 2 is 2.06 bits per heavy atom. The van der Waals surface area contributed by atoms with E-state index in [9.17, 15) is 8.78 Å². The van der Waals surface area contributed by atoms with E-state index in [0.29, 0.717) is 19.2 Å². The van der Waals surface area contributed by atoms with Crippen LogP contribution in [0.5, 0.6) is 0 Å². The molecule has 0 radical (unpaired) electrons. The van der Waals surface area contributed by atoms with Crippen molar-refractivity contribution >= 4 is 5.82 Å². The van der Waals surface area contributed by atoms with Gasteiger partial charge in [0.05, 0.1) is 30.5 Å². The molecule has 0 aliphatic carbocycles. The van der Waals surface area contributed by atoms with E-state index in [4.69, 9.17) is 9.72 Å². The van der Waals surface area contributed by atoms with Crippen LogP contribution in [-0.2, 0) is 4.74 Å². The van der Waals surface area contributed by atoms with Gasteiger partial charge in [-0.2, -0.15) is 4.98 Å². The van der Waals surface area contributed by atoms with Crippen molar-refractivity contribution in [2.45, 2.75) is 38.8 Å². The van der Waals surface area contributed by atoms with Crippen molar-refractivity contribution in [2.75, 3.05) is 18.1 Å². The van der Waals surface area contributed by atoms with E-state index < -0.39 is 11.6 Å². The summed E-state index contributed by atoms with van der Waals surface area (Å²) in [6, 6.07) is 4.10. The van der Waals surface area contributed by atoms with Gasteiger partial charge in [-0.15, -0.1) is 10.2 Å². The normalized spacial score (nSPS) is 19.4. The van der Waals surface area contributed by atoms with Gasteiger partial charge in [0.1, 0.15) is 17.3 Å². The molecular weight excluding hydrogens is 442 g/mol. The summed E-state index contributed by atoms with van der Waals surface area (Å²) in [5.74, 6) is 0.946. The van der Waals surface area contributed by atoms with E-state index in [2.05, 4.69) is 32.0 Å². The summed E-state index contributed by atoms with van der Waals surface area (Å²) in [4.78, 5) is 16.0. The van der Waals surface area contributed by atoms with Crippen LogP contribution in [-0.4, -0.2) is 53.5 Å².